The third kappa shape index (κ3) is 10.3. The van der Waals surface area contributed by atoms with Crippen molar-refractivity contribution in [3.05, 3.63) is 130 Å². The third-order valence-electron chi connectivity index (χ3n) is 4.89. The summed E-state index contributed by atoms with van der Waals surface area (Å²) in [4.78, 5) is 22.6. The van der Waals surface area contributed by atoms with Gasteiger partial charge < -0.3 is 29.9 Å². The van der Waals surface area contributed by atoms with Crippen molar-refractivity contribution >= 4 is 11.9 Å². The van der Waals surface area contributed by atoms with Gasteiger partial charge in [-0.3, -0.25) is 0 Å². The average Bonchev–Trinajstić information content (AvgIpc) is 2.92. The maximum Gasteiger partial charge on any atom is 0.342 e. The van der Waals surface area contributed by atoms with E-state index in [9.17, 15) is 30.0 Å². The van der Waals surface area contributed by atoms with Crippen LogP contribution in [-0.2, 0) is 16.0 Å². The topological polar surface area (TPSA) is 134 Å². The molecule has 0 aromatic heterocycles. The van der Waals surface area contributed by atoms with Crippen molar-refractivity contribution in [2.45, 2.75) is 18.6 Å². The molecule has 0 saturated heterocycles. The Morgan fingerprint density at radius 1 is 0.667 bits per heavy atom. The molecule has 196 valence electrons. The predicted molar refractivity (Wildman–Crippen MR) is 140 cm³/mol. The molecule has 0 spiro atoms. The lowest BCUT2D eigenvalue weighted by Crippen LogP contribution is -2.24. The molecule has 0 aliphatic carbocycles. The minimum atomic E-state index is -1.43. The third-order valence-corrected chi connectivity index (χ3v) is 4.89. The van der Waals surface area contributed by atoms with Crippen LogP contribution in [0.1, 0.15) is 11.1 Å². The first-order valence-corrected chi connectivity index (χ1v) is 11.3. The molecule has 39 heavy (non-hydrogen) atoms. The molecule has 2 aromatic rings. The van der Waals surface area contributed by atoms with E-state index in [0.717, 1.165) is 11.1 Å². The van der Waals surface area contributed by atoms with Gasteiger partial charge in [-0.2, -0.15) is 0 Å². The van der Waals surface area contributed by atoms with Crippen molar-refractivity contribution in [2.75, 3.05) is 13.2 Å². The SMILES string of the molecule is C=C=C=C=C=C(C(=O)O)C(O)COc1ccc(Cc2ccc(OCC(O)C(=C=C=C=C=C)C(=O)O)cc2)cc1. The number of hydrogen-bond acceptors (Lipinski definition) is 6. The number of ether oxygens (including phenoxy) is 2. The Kier molecular flexibility index (Phi) is 12.0. The molecule has 0 amide bonds. The van der Waals surface area contributed by atoms with Gasteiger partial charge in [0, 0.05) is 0 Å². The Morgan fingerprint density at radius 3 is 1.33 bits per heavy atom. The average molecular weight is 525 g/mol. The monoisotopic (exact) mass is 524 g/mol. The molecule has 0 radical (unpaired) electrons. The Morgan fingerprint density at radius 2 is 1.03 bits per heavy atom. The van der Waals surface area contributed by atoms with Crippen LogP contribution in [-0.4, -0.2) is 57.8 Å². The van der Waals surface area contributed by atoms with E-state index < -0.39 is 35.3 Å². The molecule has 0 bridgehead atoms. The van der Waals surface area contributed by atoms with Gasteiger partial charge in [0.15, 0.2) is 0 Å². The number of aliphatic carboxylic acids is 2. The lowest BCUT2D eigenvalue weighted by molar-refractivity contribution is -0.135. The zero-order chi connectivity index (χ0) is 28.6. The van der Waals surface area contributed by atoms with Gasteiger partial charge in [-0.1, -0.05) is 35.7 Å². The molecule has 2 atom stereocenters. The van der Waals surface area contributed by atoms with Crippen LogP contribution < -0.4 is 9.47 Å². The molecule has 2 aromatic carbocycles. The second-order valence-corrected chi connectivity index (χ2v) is 7.66. The fourth-order valence-electron chi connectivity index (χ4n) is 3.00. The van der Waals surface area contributed by atoms with Crippen LogP contribution in [0, 0.1) is 0 Å². The summed E-state index contributed by atoms with van der Waals surface area (Å²) in [6, 6.07) is 14.1. The van der Waals surface area contributed by atoms with Crippen LogP contribution in [0.5, 0.6) is 11.5 Å². The first kappa shape index (κ1) is 29.8. The standard InChI is InChI=1S/C31H24O8/c1-3-5-7-9-26(30(34)35)28(32)20-38-24-15-11-22(12-16-24)19-23-13-17-25(18-14-23)39-21-29(33)27(31(36)37)10-8-6-4-2/h11-18,28-29,32-33H,1-2,19-21H2,(H,34,35)(H,36,37). The molecular weight excluding hydrogens is 500 g/mol. The Balaban J connectivity index is 1.96. The fourth-order valence-corrected chi connectivity index (χ4v) is 3.00. The largest absolute Gasteiger partial charge is 0.491 e. The molecule has 4 N–H and O–H groups in total. The van der Waals surface area contributed by atoms with Gasteiger partial charge in [-0.15, -0.1) is 0 Å². The minimum absolute atomic E-state index is 0.299. The minimum Gasteiger partial charge on any atom is -0.491 e. The van der Waals surface area contributed by atoms with Crippen LogP contribution >= 0.6 is 0 Å². The maximum absolute atomic E-state index is 11.3. The number of carbonyl (C=O) groups is 2. The van der Waals surface area contributed by atoms with E-state index in [1.807, 2.05) is 24.3 Å². The molecule has 8 heteroatoms. The van der Waals surface area contributed by atoms with Crippen LogP contribution in [0.25, 0.3) is 0 Å². The highest BCUT2D eigenvalue weighted by molar-refractivity contribution is 5.87. The van der Waals surface area contributed by atoms with E-state index in [0.29, 0.717) is 17.9 Å². The summed E-state index contributed by atoms with van der Waals surface area (Å²) in [5, 5.41) is 38.6. The highest BCUT2D eigenvalue weighted by Crippen LogP contribution is 2.19. The van der Waals surface area contributed by atoms with E-state index in [-0.39, 0.29) is 13.2 Å². The number of rotatable bonds is 12. The fraction of sp³-hybridized carbons (Fsp3) is 0.161. The predicted octanol–water partition coefficient (Wildman–Crippen LogP) is 3.28. The highest BCUT2D eigenvalue weighted by Gasteiger charge is 2.19. The van der Waals surface area contributed by atoms with Crippen LogP contribution in [0.2, 0.25) is 0 Å². The van der Waals surface area contributed by atoms with Crippen LogP contribution in [0.15, 0.2) is 119 Å². The number of aliphatic hydroxyl groups is 2. The molecule has 0 aliphatic rings. The summed E-state index contributed by atoms with van der Waals surface area (Å²) in [7, 11) is 0. The molecule has 2 unspecified atom stereocenters. The Bertz CT molecular complexity index is 1400. The first-order valence-electron chi connectivity index (χ1n) is 11.3. The molecule has 0 aliphatic heterocycles. The van der Waals surface area contributed by atoms with Gasteiger partial charge in [0.1, 0.15) is 48.1 Å². The van der Waals surface area contributed by atoms with Crippen molar-refractivity contribution < 1.29 is 39.5 Å². The number of carboxylic acid groups (broad SMARTS) is 2. The summed E-state index contributed by atoms with van der Waals surface area (Å²) in [6.07, 6.45) is -2.28. The normalized spacial score (nSPS) is 10.7. The molecular formula is C31H24O8. The second kappa shape index (κ2) is 15.7. The first-order chi connectivity index (χ1) is 18.7. The quantitative estimate of drug-likeness (QED) is 0.246. The van der Waals surface area contributed by atoms with Gasteiger partial charge in [0.05, 0.1) is 0 Å². The summed E-state index contributed by atoms with van der Waals surface area (Å²) in [5.74, 6) is -1.84. The lowest BCUT2D eigenvalue weighted by Gasteiger charge is -2.13. The van der Waals surface area contributed by atoms with Crippen molar-refractivity contribution in [1.82, 2.24) is 0 Å². The van der Waals surface area contributed by atoms with Crippen LogP contribution in [0.4, 0.5) is 0 Å². The van der Waals surface area contributed by atoms with E-state index in [2.05, 4.69) is 59.0 Å². The summed E-state index contributed by atoms with van der Waals surface area (Å²) >= 11 is 0. The summed E-state index contributed by atoms with van der Waals surface area (Å²) < 4.78 is 11.0. The van der Waals surface area contributed by atoms with Gasteiger partial charge in [0.2, 0.25) is 0 Å². The van der Waals surface area contributed by atoms with Crippen molar-refractivity contribution in [1.29, 1.82) is 0 Å². The molecule has 2 rings (SSSR count). The zero-order valence-electron chi connectivity index (χ0n) is 20.7. The molecule has 0 heterocycles. The van der Waals surface area contributed by atoms with Gasteiger partial charge in [-0.25, -0.2) is 9.59 Å². The van der Waals surface area contributed by atoms with E-state index >= 15 is 0 Å². The maximum atomic E-state index is 11.3. The van der Waals surface area contributed by atoms with Crippen molar-refractivity contribution in [3.63, 3.8) is 0 Å². The number of benzene rings is 2. The smallest absolute Gasteiger partial charge is 0.342 e. The van der Waals surface area contributed by atoms with Crippen LogP contribution in [0.3, 0.4) is 0 Å². The van der Waals surface area contributed by atoms with E-state index in [4.69, 9.17) is 9.47 Å². The summed E-state index contributed by atoms with van der Waals surface area (Å²) in [6.45, 7) is 5.94. The summed E-state index contributed by atoms with van der Waals surface area (Å²) in [5.41, 5.74) is 19.4. The van der Waals surface area contributed by atoms with Gasteiger partial charge >= 0.3 is 11.9 Å². The Labute approximate surface area is 224 Å². The zero-order valence-corrected chi connectivity index (χ0v) is 20.7. The Hall–Kier alpha value is -5.38. The highest BCUT2D eigenvalue weighted by atomic mass is 16.5. The van der Waals surface area contributed by atoms with Crippen molar-refractivity contribution in [2.24, 2.45) is 0 Å². The molecule has 0 fully saturated rings. The second-order valence-electron chi connectivity index (χ2n) is 7.66. The van der Waals surface area contributed by atoms with Gasteiger partial charge in [-0.05, 0) is 89.4 Å². The van der Waals surface area contributed by atoms with Crippen molar-refractivity contribution in [3.8, 4) is 11.5 Å². The number of hydrogen-bond donors (Lipinski definition) is 4. The molecule has 8 nitrogen and oxygen atoms in total. The molecule has 0 saturated carbocycles. The van der Waals surface area contributed by atoms with E-state index in [1.54, 1.807) is 24.3 Å². The number of carboxylic acids is 2. The number of aliphatic hydroxyl groups excluding tert-OH is 2. The van der Waals surface area contributed by atoms with E-state index in [1.165, 1.54) is 0 Å². The lowest BCUT2D eigenvalue weighted by atomic mass is 10.0. The van der Waals surface area contributed by atoms with Gasteiger partial charge in [0.25, 0.3) is 0 Å².